The van der Waals surface area contributed by atoms with Gasteiger partial charge in [0.05, 0.1) is 12.5 Å². The summed E-state index contributed by atoms with van der Waals surface area (Å²) in [5.74, 6) is -1.53. The normalized spacial score (nSPS) is 24.6. The van der Waals surface area contributed by atoms with E-state index in [9.17, 15) is 14.4 Å². The standard InChI is InChI=1S/C23H36O5/c1-4-7-10-11-12-17-15-19(28-22(17)26)20(24)18(13-8-5-2)21(25)23(16-27-23)14-9-6-3/h15,18-19H,4-14,16H2,1-3H3. The number of cyclic esters (lactones) is 1. The average Bonchev–Trinajstić information content (AvgIpc) is 3.40. The zero-order chi connectivity index (χ0) is 20.6. The van der Waals surface area contributed by atoms with E-state index in [1.165, 1.54) is 0 Å². The van der Waals surface area contributed by atoms with Crippen molar-refractivity contribution in [2.24, 2.45) is 5.92 Å². The lowest BCUT2D eigenvalue weighted by Gasteiger charge is -2.21. The maximum atomic E-state index is 13.1. The Morgan fingerprint density at radius 2 is 1.75 bits per heavy atom. The number of Topliss-reactive ketones (excluding diaryl/α,β-unsaturated/α-hetero) is 2. The molecular formula is C23H36O5. The van der Waals surface area contributed by atoms with Crippen LogP contribution in [0.25, 0.3) is 0 Å². The Morgan fingerprint density at radius 1 is 1.07 bits per heavy atom. The highest BCUT2D eigenvalue weighted by molar-refractivity contribution is 6.11. The van der Waals surface area contributed by atoms with Crippen molar-refractivity contribution in [1.82, 2.24) is 0 Å². The third-order valence-electron chi connectivity index (χ3n) is 5.81. The van der Waals surface area contributed by atoms with Gasteiger partial charge in [0.2, 0.25) is 0 Å². The fraction of sp³-hybridized carbons (Fsp3) is 0.783. The summed E-state index contributed by atoms with van der Waals surface area (Å²) < 4.78 is 10.9. The fourth-order valence-electron chi connectivity index (χ4n) is 3.83. The number of hydrogen-bond acceptors (Lipinski definition) is 5. The summed E-state index contributed by atoms with van der Waals surface area (Å²) in [4.78, 5) is 38.4. The van der Waals surface area contributed by atoms with E-state index in [0.717, 1.165) is 51.4 Å². The Balaban J connectivity index is 2.05. The second-order valence-electron chi connectivity index (χ2n) is 8.18. The molecule has 3 atom stereocenters. The second-order valence-corrected chi connectivity index (χ2v) is 8.18. The average molecular weight is 393 g/mol. The van der Waals surface area contributed by atoms with Crippen molar-refractivity contribution in [2.75, 3.05) is 6.61 Å². The first-order valence-electron chi connectivity index (χ1n) is 11.1. The van der Waals surface area contributed by atoms with Gasteiger partial charge in [-0.2, -0.15) is 0 Å². The molecule has 1 fully saturated rings. The van der Waals surface area contributed by atoms with Gasteiger partial charge in [-0.1, -0.05) is 65.7 Å². The molecule has 0 amide bonds. The zero-order valence-electron chi connectivity index (χ0n) is 17.8. The first kappa shape index (κ1) is 22.8. The van der Waals surface area contributed by atoms with Gasteiger partial charge >= 0.3 is 5.97 Å². The molecule has 5 heteroatoms. The van der Waals surface area contributed by atoms with Crippen LogP contribution in [0.3, 0.4) is 0 Å². The zero-order valence-corrected chi connectivity index (χ0v) is 17.8. The summed E-state index contributed by atoms with van der Waals surface area (Å²) >= 11 is 0. The smallest absolute Gasteiger partial charge is 0.334 e. The number of ketones is 2. The summed E-state index contributed by atoms with van der Waals surface area (Å²) in [5.41, 5.74) is -0.196. The number of unbranched alkanes of at least 4 members (excludes halogenated alkanes) is 5. The minimum atomic E-state index is -0.915. The van der Waals surface area contributed by atoms with Gasteiger partial charge in [-0.15, -0.1) is 0 Å². The molecule has 0 bridgehead atoms. The van der Waals surface area contributed by atoms with E-state index in [0.29, 0.717) is 31.4 Å². The molecule has 2 aliphatic rings. The quantitative estimate of drug-likeness (QED) is 0.175. The lowest BCUT2D eigenvalue weighted by Crippen LogP contribution is -2.40. The van der Waals surface area contributed by atoms with Crippen LogP contribution in [0.4, 0.5) is 0 Å². The predicted octanol–water partition coefficient (Wildman–Crippen LogP) is 4.71. The fourth-order valence-corrected chi connectivity index (χ4v) is 3.83. The van der Waals surface area contributed by atoms with Gasteiger partial charge in [-0.25, -0.2) is 4.79 Å². The predicted molar refractivity (Wildman–Crippen MR) is 108 cm³/mol. The van der Waals surface area contributed by atoms with E-state index < -0.39 is 23.6 Å². The Hall–Kier alpha value is -1.49. The van der Waals surface area contributed by atoms with E-state index in [-0.39, 0.29) is 11.6 Å². The van der Waals surface area contributed by atoms with Gasteiger partial charge in [-0.3, -0.25) is 9.59 Å². The van der Waals surface area contributed by atoms with Crippen LogP contribution in [0.2, 0.25) is 0 Å². The lowest BCUT2D eigenvalue weighted by atomic mass is 9.82. The van der Waals surface area contributed by atoms with Gasteiger partial charge in [0.25, 0.3) is 0 Å². The van der Waals surface area contributed by atoms with Crippen molar-refractivity contribution >= 4 is 17.5 Å². The summed E-state index contributed by atoms with van der Waals surface area (Å²) in [6.07, 6.45) is 10.4. The van der Waals surface area contributed by atoms with Crippen LogP contribution in [-0.4, -0.2) is 35.8 Å². The molecule has 28 heavy (non-hydrogen) atoms. The molecule has 2 rings (SSSR count). The highest BCUT2D eigenvalue weighted by Crippen LogP contribution is 2.38. The molecule has 5 nitrogen and oxygen atoms in total. The molecule has 0 radical (unpaired) electrons. The first-order chi connectivity index (χ1) is 13.5. The summed E-state index contributed by atoms with van der Waals surface area (Å²) in [6, 6.07) is 0. The van der Waals surface area contributed by atoms with Crippen LogP contribution in [0, 0.1) is 5.92 Å². The number of hydrogen-bond donors (Lipinski definition) is 0. The molecule has 0 aromatic carbocycles. The van der Waals surface area contributed by atoms with Crippen LogP contribution in [-0.2, 0) is 23.9 Å². The number of rotatable bonds is 15. The Bertz CT molecular complexity index is 588. The Labute approximate surface area is 169 Å². The maximum Gasteiger partial charge on any atom is 0.334 e. The molecule has 0 aliphatic carbocycles. The first-order valence-corrected chi connectivity index (χ1v) is 11.1. The van der Waals surface area contributed by atoms with Crippen molar-refractivity contribution < 1.29 is 23.9 Å². The number of esters is 1. The molecule has 0 saturated carbocycles. The Morgan fingerprint density at radius 3 is 2.36 bits per heavy atom. The van der Waals surface area contributed by atoms with E-state index >= 15 is 0 Å². The summed E-state index contributed by atoms with van der Waals surface area (Å²) in [7, 11) is 0. The summed E-state index contributed by atoms with van der Waals surface area (Å²) in [5, 5.41) is 0. The molecule has 3 unspecified atom stereocenters. The van der Waals surface area contributed by atoms with Crippen molar-refractivity contribution in [2.45, 2.75) is 103 Å². The van der Waals surface area contributed by atoms with Crippen LogP contribution in [0.15, 0.2) is 11.6 Å². The molecule has 0 spiro atoms. The number of carbonyl (C=O) groups is 3. The van der Waals surface area contributed by atoms with Gasteiger partial charge in [0.1, 0.15) is 0 Å². The molecule has 2 aliphatic heterocycles. The molecule has 0 N–H and O–H groups in total. The third kappa shape index (κ3) is 5.76. The minimum absolute atomic E-state index is 0.111. The van der Waals surface area contributed by atoms with Crippen molar-refractivity contribution in [3.05, 3.63) is 11.6 Å². The highest BCUT2D eigenvalue weighted by atomic mass is 16.6. The number of ether oxygens (including phenoxy) is 2. The maximum absolute atomic E-state index is 13.1. The third-order valence-corrected chi connectivity index (χ3v) is 5.81. The van der Waals surface area contributed by atoms with Gasteiger partial charge < -0.3 is 9.47 Å². The SMILES string of the molecule is CCCCCCC1=CC(C(=O)C(CCCC)C(=O)C2(CCCC)CO2)OC1=O. The molecule has 0 aromatic rings. The molecular weight excluding hydrogens is 356 g/mol. The highest BCUT2D eigenvalue weighted by Gasteiger charge is 2.55. The van der Waals surface area contributed by atoms with Gasteiger partial charge in [-0.05, 0) is 31.8 Å². The molecule has 2 heterocycles. The monoisotopic (exact) mass is 392 g/mol. The van der Waals surface area contributed by atoms with Gasteiger partial charge in [0, 0.05) is 5.57 Å². The van der Waals surface area contributed by atoms with E-state index in [1.54, 1.807) is 6.08 Å². The van der Waals surface area contributed by atoms with Crippen LogP contribution in [0.1, 0.15) is 91.4 Å². The molecule has 158 valence electrons. The number of carbonyl (C=O) groups excluding carboxylic acids is 3. The topological polar surface area (TPSA) is 73.0 Å². The van der Waals surface area contributed by atoms with Crippen LogP contribution in [0.5, 0.6) is 0 Å². The molecule has 1 saturated heterocycles. The van der Waals surface area contributed by atoms with Crippen molar-refractivity contribution in [3.63, 3.8) is 0 Å². The lowest BCUT2D eigenvalue weighted by molar-refractivity contribution is -0.150. The minimum Gasteiger partial charge on any atom is -0.447 e. The number of epoxide rings is 1. The van der Waals surface area contributed by atoms with Gasteiger partial charge in [0.15, 0.2) is 23.3 Å². The van der Waals surface area contributed by atoms with Crippen molar-refractivity contribution in [3.8, 4) is 0 Å². The Kier molecular flexibility index (Phi) is 8.87. The van der Waals surface area contributed by atoms with E-state index in [1.807, 2.05) is 6.92 Å². The van der Waals surface area contributed by atoms with Crippen LogP contribution < -0.4 is 0 Å². The van der Waals surface area contributed by atoms with E-state index in [4.69, 9.17) is 9.47 Å². The van der Waals surface area contributed by atoms with E-state index in [2.05, 4.69) is 13.8 Å². The summed E-state index contributed by atoms with van der Waals surface area (Å²) in [6.45, 7) is 6.66. The van der Waals surface area contributed by atoms with Crippen molar-refractivity contribution in [1.29, 1.82) is 0 Å². The van der Waals surface area contributed by atoms with Crippen LogP contribution >= 0.6 is 0 Å². The second kappa shape index (κ2) is 10.9. The largest absolute Gasteiger partial charge is 0.447 e. The molecule has 0 aromatic heterocycles.